The number of benzene rings is 2. The molecule has 0 aliphatic rings. The Kier molecular flexibility index (Phi) is 10.2. The van der Waals surface area contributed by atoms with Crippen LogP contribution in [-0.2, 0) is 14.3 Å². The van der Waals surface area contributed by atoms with Crippen LogP contribution in [0.15, 0.2) is 48.5 Å². The van der Waals surface area contributed by atoms with E-state index in [4.69, 9.17) is 14.2 Å². The Morgan fingerprint density at radius 1 is 0.970 bits per heavy atom. The number of ether oxygens (including phenoxy) is 3. The first-order valence-electron chi connectivity index (χ1n) is 11.0. The molecular weight excluding hydrogens is 424 g/mol. The molecule has 8 heteroatoms. The zero-order valence-electron chi connectivity index (χ0n) is 19.6. The van der Waals surface area contributed by atoms with Gasteiger partial charge in [0.2, 0.25) is 0 Å². The molecule has 1 atom stereocenters. The Labute approximate surface area is 194 Å². The number of esters is 1. The molecule has 0 aliphatic carbocycles. The molecule has 33 heavy (non-hydrogen) atoms. The van der Waals surface area contributed by atoms with Crippen LogP contribution < -0.4 is 20.1 Å². The van der Waals surface area contributed by atoms with Crippen LogP contribution in [0.5, 0.6) is 11.5 Å². The highest BCUT2D eigenvalue weighted by Gasteiger charge is 2.26. The van der Waals surface area contributed by atoms with Gasteiger partial charge in [-0.2, -0.15) is 0 Å². The standard InChI is InChI=1S/C25H32N2O6/c1-5-31-20-9-11-21(12-10-20)32-14-13-26-22(28)16-33-25(30)23(17(2)3)27-24(29)19-8-6-7-18(4)15-19/h6-12,15,17,23H,5,13-14,16H2,1-4H3,(H,26,28)(H,27,29)/t23-/m0/s1. The molecule has 0 saturated heterocycles. The third kappa shape index (κ3) is 8.84. The molecule has 0 fully saturated rings. The van der Waals surface area contributed by atoms with E-state index in [-0.39, 0.29) is 25.0 Å². The molecular formula is C25H32N2O6. The number of hydrogen-bond acceptors (Lipinski definition) is 6. The van der Waals surface area contributed by atoms with E-state index in [1.807, 2.05) is 19.9 Å². The minimum Gasteiger partial charge on any atom is -0.494 e. The molecule has 0 spiro atoms. The quantitative estimate of drug-likeness (QED) is 0.376. The van der Waals surface area contributed by atoms with Crippen molar-refractivity contribution in [2.75, 3.05) is 26.4 Å². The number of hydrogen-bond donors (Lipinski definition) is 2. The summed E-state index contributed by atoms with van der Waals surface area (Å²) in [4.78, 5) is 36.9. The van der Waals surface area contributed by atoms with E-state index in [1.165, 1.54) is 0 Å². The van der Waals surface area contributed by atoms with E-state index in [1.54, 1.807) is 56.3 Å². The monoisotopic (exact) mass is 456 g/mol. The van der Waals surface area contributed by atoms with Crippen LogP contribution in [0.4, 0.5) is 0 Å². The molecule has 8 nitrogen and oxygen atoms in total. The summed E-state index contributed by atoms with van der Waals surface area (Å²) in [7, 11) is 0. The second kappa shape index (κ2) is 13.1. The highest BCUT2D eigenvalue weighted by atomic mass is 16.5. The number of rotatable bonds is 12. The summed E-state index contributed by atoms with van der Waals surface area (Å²) in [5.74, 6) is -0.280. The van der Waals surface area contributed by atoms with E-state index in [2.05, 4.69) is 10.6 Å². The maximum absolute atomic E-state index is 12.5. The maximum Gasteiger partial charge on any atom is 0.329 e. The van der Waals surface area contributed by atoms with Gasteiger partial charge >= 0.3 is 5.97 Å². The van der Waals surface area contributed by atoms with Crippen LogP contribution in [0.25, 0.3) is 0 Å². The summed E-state index contributed by atoms with van der Waals surface area (Å²) < 4.78 is 16.0. The largest absolute Gasteiger partial charge is 0.494 e. The average molecular weight is 457 g/mol. The molecule has 2 N–H and O–H groups in total. The summed E-state index contributed by atoms with van der Waals surface area (Å²) in [6.45, 7) is 8.04. The minimum atomic E-state index is -0.867. The van der Waals surface area contributed by atoms with E-state index >= 15 is 0 Å². The summed E-state index contributed by atoms with van der Waals surface area (Å²) in [6.07, 6.45) is 0. The van der Waals surface area contributed by atoms with Gasteiger partial charge < -0.3 is 24.8 Å². The van der Waals surface area contributed by atoms with E-state index < -0.39 is 24.5 Å². The van der Waals surface area contributed by atoms with Crippen molar-refractivity contribution in [3.05, 3.63) is 59.7 Å². The van der Waals surface area contributed by atoms with Gasteiger partial charge in [0.15, 0.2) is 6.61 Å². The Morgan fingerprint density at radius 3 is 2.24 bits per heavy atom. The lowest BCUT2D eigenvalue weighted by atomic mass is 10.0. The van der Waals surface area contributed by atoms with Crippen molar-refractivity contribution in [2.45, 2.75) is 33.7 Å². The van der Waals surface area contributed by atoms with Crippen molar-refractivity contribution in [3.8, 4) is 11.5 Å². The summed E-state index contributed by atoms with van der Waals surface area (Å²) in [5.41, 5.74) is 1.40. The molecule has 0 unspecified atom stereocenters. The molecule has 2 rings (SSSR count). The van der Waals surface area contributed by atoms with Crippen molar-refractivity contribution in [1.29, 1.82) is 0 Å². The first kappa shape index (κ1) is 25.7. The fourth-order valence-corrected chi connectivity index (χ4v) is 2.94. The Morgan fingerprint density at radius 2 is 1.64 bits per heavy atom. The predicted octanol–water partition coefficient (Wildman–Crippen LogP) is 2.89. The summed E-state index contributed by atoms with van der Waals surface area (Å²) in [6, 6.07) is 13.4. The second-order valence-corrected chi connectivity index (χ2v) is 7.78. The lowest BCUT2D eigenvalue weighted by Gasteiger charge is -2.21. The molecule has 2 aromatic rings. The van der Waals surface area contributed by atoms with E-state index in [9.17, 15) is 14.4 Å². The van der Waals surface area contributed by atoms with Crippen LogP contribution in [0, 0.1) is 12.8 Å². The van der Waals surface area contributed by atoms with Gasteiger partial charge in [0.25, 0.3) is 11.8 Å². The summed E-state index contributed by atoms with van der Waals surface area (Å²) in [5, 5.41) is 5.32. The topological polar surface area (TPSA) is 103 Å². The molecule has 0 saturated carbocycles. The molecule has 2 amide bonds. The Bertz CT molecular complexity index is 927. The van der Waals surface area contributed by atoms with Gasteiger partial charge in [-0.15, -0.1) is 0 Å². The zero-order valence-corrected chi connectivity index (χ0v) is 19.6. The molecule has 0 bridgehead atoms. The SMILES string of the molecule is CCOc1ccc(OCCNC(=O)COC(=O)[C@@H](NC(=O)c2cccc(C)c2)C(C)C)cc1. The van der Waals surface area contributed by atoms with Gasteiger partial charge in [0.05, 0.1) is 13.2 Å². The third-order valence-electron chi connectivity index (χ3n) is 4.66. The molecule has 178 valence electrons. The molecule has 0 aliphatic heterocycles. The van der Waals surface area contributed by atoms with Crippen molar-refractivity contribution in [2.24, 2.45) is 5.92 Å². The van der Waals surface area contributed by atoms with Crippen molar-refractivity contribution in [1.82, 2.24) is 10.6 Å². The van der Waals surface area contributed by atoms with Crippen molar-refractivity contribution >= 4 is 17.8 Å². The van der Waals surface area contributed by atoms with Crippen LogP contribution in [0.3, 0.4) is 0 Å². The zero-order chi connectivity index (χ0) is 24.2. The summed E-state index contributed by atoms with van der Waals surface area (Å²) >= 11 is 0. The van der Waals surface area contributed by atoms with Crippen LogP contribution >= 0.6 is 0 Å². The third-order valence-corrected chi connectivity index (χ3v) is 4.66. The van der Waals surface area contributed by atoms with Gasteiger partial charge in [0, 0.05) is 5.56 Å². The highest BCUT2D eigenvalue weighted by molar-refractivity contribution is 5.97. The number of carbonyl (C=O) groups excluding carboxylic acids is 3. The maximum atomic E-state index is 12.5. The second-order valence-electron chi connectivity index (χ2n) is 7.78. The first-order chi connectivity index (χ1) is 15.8. The van der Waals surface area contributed by atoms with Crippen molar-refractivity contribution < 1.29 is 28.6 Å². The van der Waals surface area contributed by atoms with Gasteiger partial charge in [-0.3, -0.25) is 9.59 Å². The van der Waals surface area contributed by atoms with E-state index in [0.717, 1.165) is 11.3 Å². The van der Waals surface area contributed by atoms with E-state index in [0.29, 0.717) is 17.9 Å². The van der Waals surface area contributed by atoms with Gasteiger partial charge in [-0.1, -0.05) is 31.5 Å². The molecule has 0 radical (unpaired) electrons. The first-order valence-corrected chi connectivity index (χ1v) is 11.0. The smallest absolute Gasteiger partial charge is 0.329 e. The van der Waals surface area contributed by atoms with Crippen LogP contribution in [0.1, 0.15) is 36.7 Å². The number of carbonyl (C=O) groups is 3. The lowest BCUT2D eigenvalue weighted by Crippen LogP contribution is -2.46. The normalized spacial score (nSPS) is 11.4. The number of nitrogens with one attached hydrogen (secondary N) is 2. The average Bonchev–Trinajstić information content (AvgIpc) is 2.79. The van der Waals surface area contributed by atoms with Gasteiger partial charge in [-0.05, 0) is 56.2 Å². The molecule has 0 heterocycles. The fourth-order valence-electron chi connectivity index (χ4n) is 2.94. The van der Waals surface area contributed by atoms with Gasteiger partial charge in [0.1, 0.15) is 24.1 Å². The Balaban J connectivity index is 1.73. The Hall–Kier alpha value is -3.55. The van der Waals surface area contributed by atoms with Gasteiger partial charge in [-0.25, -0.2) is 4.79 Å². The van der Waals surface area contributed by atoms with Crippen LogP contribution in [-0.4, -0.2) is 50.2 Å². The lowest BCUT2D eigenvalue weighted by molar-refractivity contribution is -0.151. The predicted molar refractivity (Wildman–Crippen MR) is 124 cm³/mol. The highest BCUT2D eigenvalue weighted by Crippen LogP contribution is 2.17. The fraction of sp³-hybridized carbons (Fsp3) is 0.400. The van der Waals surface area contributed by atoms with Crippen LogP contribution in [0.2, 0.25) is 0 Å². The minimum absolute atomic E-state index is 0.211. The molecule has 0 aromatic heterocycles. The van der Waals surface area contributed by atoms with Crippen molar-refractivity contribution in [3.63, 3.8) is 0 Å². The number of aryl methyl sites for hydroxylation is 1. The molecule has 2 aromatic carbocycles. The number of amides is 2.